The number of hydrogen-bond acceptors (Lipinski definition) is 3. The van der Waals surface area contributed by atoms with E-state index in [4.69, 9.17) is 9.90 Å². The first-order valence-corrected chi connectivity index (χ1v) is 30.9. The standard InChI is InChI=1S/C84H70BN3O/c1-82(2,3)61-30-20-28-55(45-61)57-40-42-69-75(49-57)86(64-47-59(53-24-12-10-13-25-53)44-60(48-64)54-26-14-11-15-27-54)77-51-63(84(7,8)9)52-78-79(77)85(69)70-43-41-58(56-29-21-31-62(46-56)83(4,5)6)50-76(70)88(78)74-39-23-35-68-67-34-22-38-73(80(67)89-81(68)74)87-71-36-18-16-32-65(71)66-33-17-19-37-72(66)87/h10-52H,1-9H3/i16D,17D,18D,19D,32D,33D,36D,37D. The highest BCUT2D eigenvalue weighted by molar-refractivity contribution is 7.00. The van der Waals surface area contributed by atoms with E-state index in [-0.39, 0.29) is 56.8 Å². The zero-order valence-electron chi connectivity index (χ0n) is 59.5. The molecule has 89 heavy (non-hydrogen) atoms. The van der Waals surface area contributed by atoms with E-state index in [0.717, 1.165) is 106 Å². The van der Waals surface area contributed by atoms with Gasteiger partial charge in [0.1, 0.15) is 0 Å². The normalized spacial score (nSPS) is 14.4. The van der Waals surface area contributed by atoms with Crippen molar-refractivity contribution in [3.8, 4) is 50.2 Å². The molecule has 0 unspecified atom stereocenters. The van der Waals surface area contributed by atoms with Crippen LogP contribution < -0.4 is 26.2 Å². The van der Waals surface area contributed by atoms with Gasteiger partial charge < -0.3 is 18.8 Å². The Kier molecular flexibility index (Phi) is 10.5. The highest BCUT2D eigenvalue weighted by Crippen LogP contribution is 2.51. The number of para-hydroxylation sites is 4. The van der Waals surface area contributed by atoms with Crippen molar-refractivity contribution in [1.82, 2.24) is 4.57 Å². The van der Waals surface area contributed by atoms with Crippen LogP contribution in [0, 0.1) is 0 Å². The number of benzene rings is 12. The summed E-state index contributed by atoms with van der Waals surface area (Å²) >= 11 is 0. The van der Waals surface area contributed by atoms with E-state index >= 15 is 0 Å². The summed E-state index contributed by atoms with van der Waals surface area (Å²) < 4.78 is 82.1. The third-order valence-electron chi connectivity index (χ3n) is 18.4. The molecular weight excluding hydrogens is 1080 g/mol. The fraction of sp³-hybridized carbons (Fsp3) is 0.143. The van der Waals surface area contributed by atoms with Crippen LogP contribution in [-0.2, 0) is 16.2 Å². The Morgan fingerprint density at radius 3 is 1.28 bits per heavy atom. The van der Waals surface area contributed by atoms with Gasteiger partial charge in [0, 0.05) is 50.0 Å². The summed E-state index contributed by atoms with van der Waals surface area (Å²) in [6.45, 7) is 20.1. The Morgan fingerprint density at radius 1 is 0.326 bits per heavy atom. The number of nitrogens with zero attached hydrogens (tertiary/aromatic N) is 3. The molecule has 16 rings (SSSR count). The lowest BCUT2D eigenvalue weighted by Gasteiger charge is -2.45. The minimum absolute atomic E-state index is 0.00159. The molecule has 2 aliphatic heterocycles. The first-order chi connectivity index (χ1) is 46.3. The molecule has 4 heterocycles. The molecule has 14 aromatic rings. The molecule has 0 amide bonds. The lowest BCUT2D eigenvalue weighted by Crippen LogP contribution is -2.61. The van der Waals surface area contributed by atoms with Gasteiger partial charge in [0.25, 0.3) is 6.71 Å². The molecule has 4 nitrogen and oxygen atoms in total. The second-order valence-corrected chi connectivity index (χ2v) is 27.2. The summed E-state index contributed by atoms with van der Waals surface area (Å²) in [6.07, 6.45) is 0. The summed E-state index contributed by atoms with van der Waals surface area (Å²) in [5.41, 5.74) is 22.3. The van der Waals surface area contributed by atoms with Crippen molar-refractivity contribution in [1.29, 1.82) is 0 Å². The van der Waals surface area contributed by atoms with Gasteiger partial charge in [0.2, 0.25) is 0 Å². The molecule has 0 fully saturated rings. The van der Waals surface area contributed by atoms with E-state index < -0.39 is 36.3 Å². The molecule has 0 spiro atoms. The Labute approximate surface area is 534 Å². The van der Waals surface area contributed by atoms with Gasteiger partial charge in [-0.3, -0.25) is 0 Å². The summed E-state index contributed by atoms with van der Waals surface area (Å²) in [5, 5.41) is 1.48. The highest BCUT2D eigenvalue weighted by atomic mass is 16.3. The van der Waals surface area contributed by atoms with Gasteiger partial charge in [0.05, 0.1) is 33.4 Å². The zero-order chi connectivity index (χ0) is 67.6. The molecule has 0 saturated carbocycles. The number of aromatic nitrogens is 1. The molecule has 0 radical (unpaired) electrons. The Hall–Kier alpha value is -10.1. The number of fused-ring (bicyclic) bond motifs is 10. The maximum atomic E-state index is 9.48. The lowest BCUT2D eigenvalue weighted by atomic mass is 9.33. The van der Waals surface area contributed by atoms with E-state index in [1.54, 1.807) is 10.6 Å². The van der Waals surface area contributed by atoms with Gasteiger partial charge in [-0.05, 0) is 161 Å². The molecule has 12 aromatic carbocycles. The molecule has 0 aliphatic carbocycles. The molecule has 2 aromatic heterocycles. The SMILES string of the molecule is [2H]c1c([2H])c([2H])c2c(c1[2H])c1c([2H])c([2H])c([2H])c([2H])c1n2-c1cccc2c1oc1c(N3c4cc(-c5cccc(C(C)(C)C)c5)ccc4B4c5ccc(-c6cccc(C(C)(C)C)c6)cc5N(c5cc(-c6ccccc6)cc(-c6ccccc6)c5)c5cc(C(C)(C)C)cc3c54)cccc12. The van der Waals surface area contributed by atoms with Crippen molar-refractivity contribution in [3.05, 3.63) is 277 Å². The molecule has 5 heteroatoms. The van der Waals surface area contributed by atoms with Gasteiger partial charge >= 0.3 is 0 Å². The van der Waals surface area contributed by atoms with Crippen LogP contribution in [0.5, 0.6) is 0 Å². The lowest BCUT2D eigenvalue weighted by molar-refractivity contribution is 0.590. The van der Waals surface area contributed by atoms with E-state index in [1.165, 1.54) is 11.1 Å². The van der Waals surface area contributed by atoms with Gasteiger partial charge in [-0.15, -0.1) is 0 Å². The maximum Gasteiger partial charge on any atom is 0.252 e. The summed E-state index contributed by atoms with van der Waals surface area (Å²) in [7, 11) is 0. The molecule has 2 aliphatic rings. The molecule has 0 saturated heterocycles. The minimum atomic E-state index is -0.502. The summed E-state index contributed by atoms with van der Waals surface area (Å²) in [5.74, 6) is 0. The molecular formula is C84H70BN3O. The zero-order valence-corrected chi connectivity index (χ0v) is 51.5. The fourth-order valence-electron chi connectivity index (χ4n) is 13.8. The van der Waals surface area contributed by atoms with Gasteiger partial charge in [-0.2, -0.15) is 0 Å². The van der Waals surface area contributed by atoms with Crippen LogP contribution in [0.2, 0.25) is 0 Å². The third kappa shape index (κ3) is 8.95. The molecule has 430 valence electrons. The number of anilines is 6. The van der Waals surface area contributed by atoms with Crippen LogP contribution >= 0.6 is 0 Å². The first-order valence-electron chi connectivity index (χ1n) is 34.9. The van der Waals surface area contributed by atoms with Crippen molar-refractivity contribution in [3.63, 3.8) is 0 Å². The fourth-order valence-corrected chi connectivity index (χ4v) is 13.8. The minimum Gasteiger partial charge on any atom is -0.452 e. The van der Waals surface area contributed by atoms with Gasteiger partial charge in [-0.25, -0.2) is 0 Å². The maximum absolute atomic E-state index is 9.48. The summed E-state index contributed by atoms with van der Waals surface area (Å²) in [6, 6.07) is 73.4. The van der Waals surface area contributed by atoms with Crippen molar-refractivity contribution >= 4 is 101 Å². The van der Waals surface area contributed by atoms with Crippen molar-refractivity contribution in [2.45, 2.75) is 78.6 Å². The predicted octanol–water partition coefficient (Wildman–Crippen LogP) is 21.3. The number of furan rings is 1. The molecule has 0 atom stereocenters. The van der Waals surface area contributed by atoms with E-state index in [2.05, 4.69) is 260 Å². The average molecular weight is 1160 g/mol. The van der Waals surface area contributed by atoms with Crippen LogP contribution in [0.4, 0.5) is 34.1 Å². The highest BCUT2D eigenvalue weighted by Gasteiger charge is 2.45. The quantitative estimate of drug-likeness (QED) is 0.149. The Bertz CT molecular complexity index is 5530. The smallest absolute Gasteiger partial charge is 0.252 e. The van der Waals surface area contributed by atoms with Crippen molar-refractivity contribution < 1.29 is 15.4 Å². The van der Waals surface area contributed by atoms with Crippen LogP contribution in [0.1, 0.15) is 90.0 Å². The van der Waals surface area contributed by atoms with E-state index in [0.29, 0.717) is 22.2 Å². The molecule has 0 N–H and O–H groups in total. The van der Waals surface area contributed by atoms with Crippen molar-refractivity contribution in [2.75, 3.05) is 9.80 Å². The van der Waals surface area contributed by atoms with E-state index in [9.17, 15) is 5.48 Å². The second-order valence-electron chi connectivity index (χ2n) is 27.2. The Balaban J connectivity index is 1.02. The monoisotopic (exact) mass is 1160 g/mol. The molecule has 0 bridgehead atoms. The van der Waals surface area contributed by atoms with Gasteiger partial charge in [0.15, 0.2) is 11.2 Å². The number of hydrogen-bond donors (Lipinski definition) is 0. The number of rotatable bonds is 7. The van der Waals surface area contributed by atoms with Crippen LogP contribution in [-0.4, -0.2) is 11.3 Å². The van der Waals surface area contributed by atoms with Crippen LogP contribution in [0.3, 0.4) is 0 Å². The third-order valence-corrected chi connectivity index (χ3v) is 18.4. The predicted molar refractivity (Wildman–Crippen MR) is 380 cm³/mol. The van der Waals surface area contributed by atoms with E-state index in [1.807, 2.05) is 18.2 Å². The first kappa shape index (κ1) is 46.1. The van der Waals surface area contributed by atoms with Gasteiger partial charge in [-0.1, -0.05) is 256 Å². The van der Waals surface area contributed by atoms with Crippen LogP contribution in [0.25, 0.3) is 93.9 Å². The Morgan fingerprint density at radius 2 is 0.764 bits per heavy atom. The second kappa shape index (κ2) is 20.2. The topological polar surface area (TPSA) is 24.6 Å². The average Bonchev–Trinajstić information content (AvgIpc) is 1.65. The largest absolute Gasteiger partial charge is 0.452 e. The van der Waals surface area contributed by atoms with Crippen LogP contribution in [0.15, 0.2) is 265 Å². The summed E-state index contributed by atoms with van der Waals surface area (Å²) in [4.78, 5) is 4.93. The van der Waals surface area contributed by atoms with Crippen molar-refractivity contribution in [2.24, 2.45) is 0 Å².